The molecule has 0 saturated carbocycles. The Balaban J connectivity index is 0.000000248. The first kappa shape index (κ1) is 69.8. The lowest BCUT2D eigenvalue weighted by Gasteiger charge is -2.26. The van der Waals surface area contributed by atoms with Crippen molar-refractivity contribution < 1.29 is 43.5 Å². The molecule has 3 N–H and O–H groups in total. The number of nitrogens with zero attached hydrogens (tertiary/aromatic N) is 6. The van der Waals surface area contributed by atoms with Crippen LogP contribution in [0.2, 0.25) is 0 Å². The number of carbonyl (C=O) groups is 3. The number of carbonyl (C=O) groups excluding carboxylic acids is 3. The Bertz CT molecular complexity index is 3870. The van der Waals surface area contributed by atoms with Crippen molar-refractivity contribution in [2.45, 2.75) is 112 Å². The molecule has 1 aliphatic heterocycles. The van der Waals surface area contributed by atoms with Crippen LogP contribution in [0.1, 0.15) is 137 Å². The van der Waals surface area contributed by atoms with Gasteiger partial charge in [-0.25, -0.2) is 9.48 Å². The molecule has 2 aromatic heterocycles. The largest absolute Gasteiger partial charge is 0.494 e. The molecule has 1 unspecified atom stereocenters. The Morgan fingerprint density at radius 3 is 1.75 bits per heavy atom. The van der Waals surface area contributed by atoms with Gasteiger partial charge in [0.1, 0.15) is 23.7 Å². The highest BCUT2D eigenvalue weighted by atomic mass is 16.6. The number of allylic oxidation sites excluding steroid dienone is 3. The minimum Gasteiger partial charge on any atom is -0.494 e. The third-order valence-corrected chi connectivity index (χ3v) is 16.4. The number of aromatic amines is 1. The van der Waals surface area contributed by atoms with Crippen molar-refractivity contribution in [2.24, 2.45) is 0 Å². The molecule has 1 fully saturated rings. The summed E-state index contributed by atoms with van der Waals surface area (Å²) in [6, 6.07) is 46.6. The fourth-order valence-corrected chi connectivity index (χ4v) is 11.4. The molecular formula is C77H93N7O9. The number of fused-ring (bicyclic) bond motifs is 2. The summed E-state index contributed by atoms with van der Waals surface area (Å²) in [4.78, 5) is 41.6. The zero-order valence-corrected chi connectivity index (χ0v) is 55.7. The zero-order valence-electron chi connectivity index (χ0n) is 55.7. The lowest BCUT2D eigenvalue weighted by molar-refractivity contribution is -0.125. The summed E-state index contributed by atoms with van der Waals surface area (Å²) in [5.41, 5.74) is 15.8. The first-order valence-corrected chi connectivity index (χ1v) is 32.6. The summed E-state index contributed by atoms with van der Waals surface area (Å²) in [6.45, 7) is 16.6. The van der Waals surface area contributed by atoms with Crippen LogP contribution in [0.4, 0.5) is 4.79 Å². The Morgan fingerprint density at radius 2 is 1.20 bits per heavy atom. The number of amides is 3. The first-order valence-electron chi connectivity index (χ1n) is 32.6. The Labute approximate surface area is 548 Å². The van der Waals surface area contributed by atoms with E-state index in [4.69, 9.17) is 34.3 Å². The van der Waals surface area contributed by atoms with E-state index in [0.29, 0.717) is 18.9 Å². The van der Waals surface area contributed by atoms with Gasteiger partial charge in [0.15, 0.2) is 6.23 Å². The van der Waals surface area contributed by atoms with Crippen molar-refractivity contribution in [3.63, 3.8) is 0 Å². The molecule has 93 heavy (non-hydrogen) atoms. The van der Waals surface area contributed by atoms with Crippen LogP contribution in [0.25, 0.3) is 44.1 Å². The Kier molecular flexibility index (Phi) is 25.9. The number of benzene rings is 6. The van der Waals surface area contributed by atoms with Gasteiger partial charge >= 0.3 is 6.09 Å². The second-order valence-corrected chi connectivity index (χ2v) is 24.3. The van der Waals surface area contributed by atoms with Gasteiger partial charge < -0.3 is 43.9 Å². The number of hydrogen-bond acceptors (Lipinski definition) is 11. The van der Waals surface area contributed by atoms with Gasteiger partial charge in [-0.3, -0.25) is 14.7 Å². The molecule has 6 aromatic carbocycles. The minimum absolute atomic E-state index is 0.0283. The van der Waals surface area contributed by atoms with Crippen LogP contribution < -0.4 is 9.47 Å². The van der Waals surface area contributed by atoms with Crippen LogP contribution in [-0.2, 0) is 19.1 Å². The number of likely N-dealkylation sites (N-methyl/N-ethyl adjacent to an activating group) is 2. The molecule has 0 radical (unpaired) electrons. The molecule has 3 amide bonds. The molecule has 1 saturated heterocycles. The summed E-state index contributed by atoms with van der Waals surface area (Å²) in [7, 11) is 3.30. The van der Waals surface area contributed by atoms with E-state index in [1.165, 1.54) is 59.7 Å². The van der Waals surface area contributed by atoms with E-state index in [2.05, 4.69) is 147 Å². The molecule has 1 aliphatic rings. The van der Waals surface area contributed by atoms with Gasteiger partial charge in [-0.2, -0.15) is 10.2 Å². The maximum absolute atomic E-state index is 13.0. The van der Waals surface area contributed by atoms with Crippen molar-refractivity contribution >= 4 is 62.0 Å². The van der Waals surface area contributed by atoms with E-state index in [1.807, 2.05) is 68.2 Å². The molecule has 490 valence electrons. The predicted octanol–water partition coefficient (Wildman–Crippen LogP) is 14.8. The van der Waals surface area contributed by atoms with Crippen molar-refractivity contribution in [3.05, 3.63) is 215 Å². The third kappa shape index (κ3) is 19.5. The van der Waals surface area contributed by atoms with E-state index in [1.54, 1.807) is 26.2 Å². The summed E-state index contributed by atoms with van der Waals surface area (Å²) < 4.78 is 25.9. The molecule has 1 atom stereocenters. The maximum atomic E-state index is 13.0. The van der Waals surface area contributed by atoms with Gasteiger partial charge in [-0.15, -0.1) is 0 Å². The zero-order chi connectivity index (χ0) is 66.3. The van der Waals surface area contributed by atoms with E-state index >= 15 is 0 Å². The number of aliphatic hydroxyl groups is 2. The van der Waals surface area contributed by atoms with Gasteiger partial charge in [-0.1, -0.05) is 111 Å². The van der Waals surface area contributed by atoms with Crippen LogP contribution in [0.15, 0.2) is 170 Å². The third-order valence-electron chi connectivity index (χ3n) is 16.4. The lowest BCUT2D eigenvalue weighted by Crippen LogP contribution is -2.39. The van der Waals surface area contributed by atoms with E-state index in [9.17, 15) is 14.4 Å². The van der Waals surface area contributed by atoms with Crippen LogP contribution in [0.3, 0.4) is 0 Å². The number of hydrogen-bond donors (Lipinski definition) is 3. The van der Waals surface area contributed by atoms with E-state index in [0.717, 1.165) is 113 Å². The number of ether oxygens (including phenoxy) is 4. The van der Waals surface area contributed by atoms with E-state index in [-0.39, 0.29) is 57.5 Å². The molecule has 9 rings (SSSR count). The van der Waals surface area contributed by atoms with Crippen LogP contribution >= 0.6 is 0 Å². The normalized spacial score (nSPS) is 13.9. The van der Waals surface area contributed by atoms with Crippen molar-refractivity contribution in [3.8, 4) is 11.5 Å². The molecule has 16 heteroatoms. The first-order chi connectivity index (χ1) is 45.0. The SMILES string of the molecule is CC/C(=C(/c1ccc(OCCCC/C=C/C(=O)N(C)CCO)cc1)c1ccc2[nH]ncc2c1)c1ccccc1C.CC/C(=C(/c1ccc(OCCN(C/C=C/C(=O)N(C)CCO)C(=O)OC(C)(C)C)cc1)c1ccc2c(cnn2C2CCCCO2)c1)c1ccccc1C. The minimum atomic E-state index is -0.678. The average Bonchev–Trinajstić information content (AvgIpc) is 1.93. The van der Waals surface area contributed by atoms with Gasteiger partial charge in [0.05, 0.1) is 49.8 Å². The molecule has 0 spiro atoms. The number of H-pyrrole nitrogens is 1. The smallest absolute Gasteiger partial charge is 0.410 e. The highest BCUT2D eigenvalue weighted by Crippen LogP contribution is 2.40. The standard InChI is InChI=1S/C43H54N4O6.C34H39N3O3/c1-7-36(37-14-9-8-13-31(37)2)41(33-19-22-38-34(29-33)30-44-47(38)40-16-10-11-27-52-40)32-17-20-35(21-18-32)51-28-25-46(42(50)53-43(3,4)5)23-12-15-39(49)45(6)24-26-48;1-4-30(31-12-9-8-11-25(31)2)34(27-16-19-32-28(23-27)24-35-36-32)26-14-17-29(18-15-26)40-22-10-6-5-7-13-33(39)37(3)20-21-38/h8-9,12-15,17-22,29-30,40,48H,7,10-11,16,23-28H2,1-6H3;7-9,11-19,23-24,38H,4-6,10,20-22H2,1-3H3,(H,35,36)/b15-12+,41-36+;13-7+,34-30+. The average molecular weight is 1260 g/mol. The number of aryl methyl sites for hydroxylation is 2. The summed E-state index contributed by atoms with van der Waals surface area (Å²) in [5, 5.41) is 32.2. The van der Waals surface area contributed by atoms with Gasteiger partial charge in [0.2, 0.25) is 11.8 Å². The van der Waals surface area contributed by atoms with Crippen molar-refractivity contribution in [1.29, 1.82) is 0 Å². The molecule has 8 aromatic rings. The molecule has 0 bridgehead atoms. The number of unbranched alkanes of at least 4 members (excludes halogenated alkanes) is 2. The quantitative estimate of drug-likeness (QED) is 0.0253. The highest BCUT2D eigenvalue weighted by Gasteiger charge is 2.24. The monoisotopic (exact) mass is 1260 g/mol. The van der Waals surface area contributed by atoms with Crippen molar-refractivity contribution in [1.82, 2.24) is 34.7 Å². The van der Waals surface area contributed by atoms with Gasteiger partial charge in [0.25, 0.3) is 0 Å². The second kappa shape index (κ2) is 34.5. The lowest BCUT2D eigenvalue weighted by atomic mass is 9.86. The van der Waals surface area contributed by atoms with Crippen LogP contribution in [0, 0.1) is 13.8 Å². The van der Waals surface area contributed by atoms with E-state index < -0.39 is 11.7 Å². The molecule has 16 nitrogen and oxygen atoms in total. The fraction of sp³-hybridized carbons (Fsp3) is 0.364. The molecule has 0 aliphatic carbocycles. The van der Waals surface area contributed by atoms with Crippen LogP contribution in [-0.4, -0.2) is 142 Å². The number of nitrogens with one attached hydrogen (secondary N) is 1. The Hall–Kier alpha value is -9.09. The molecular weight excluding hydrogens is 1170 g/mol. The fourth-order valence-electron chi connectivity index (χ4n) is 11.4. The maximum Gasteiger partial charge on any atom is 0.410 e. The second-order valence-electron chi connectivity index (χ2n) is 24.3. The number of aliphatic hydroxyl groups excluding tert-OH is 2. The topological polar surface area (TPSA) is 185 Å². The van der Waals surface area contributed by atoms with Crippen LogP contribution in [0.5, 0.6) is 11.5 Å². The number of rotatable bonds is 27. The summed E-state index contributed by atoms with van der Waals surface area (Å²) in [5.74, 6) is 1.17. The molecule has 3 heterocycles. The predicted molar refractivity (Wildman–Crippen MR) is 373 cm³/mol. The highest BCUT2D eigenvalue weighted by molar-refractivity contribution is 6.02. The summed E-state index contributed by atoms with van der Waals surface area (Å²) >= 11 is 0. The van der Waals surface area contributed by atoms with Gasteiger partial charge in [-0.05, 0) is 207 Å². The number of aromatic nitrogens is 4. The summed E-state index contributed by atoms with van der Waals surface area (Å²) in [6.07, 6.45) is 17.3. The van der Waals surface area contributed by atoms with Gasteiger partial charge in [0, 0.05) is 57.2 Å². The Morgan fingerprint density at radius 1 is 0.656 bits per heavy atom. The van der Waals surface area contributed by atoms with Crippen molar-refractivity contribution in [2.75, 3.05) is 73.3 Å².